The van der Waals surface area contributed by atoms with Gasteiger partial charge >= 0.3 is 5.97 Å². The predicted octanol–water partition coefficient (Wildman–Crippen LogP) is 0.108. The molecule has 0 aliphatic heterocycles. The molecule has 3 atom stereocenters. The zero-order valence-corrected chi connectivity index (χ0v) is 15.0. The maximum Gasteiger partial charge on any atom is 0.323 e. The van der Waals surface area contributed by atoms with E-state index in [4.69, 9.17) is 10.5 Å². The van der Waals surface area contributed by atoms with Gasteiger partial charge in [-0.1, -0.05) is 0 Å². The standard InChI is InChI=1S/C13H21N6O5P/c1-8(24-7-25(21,22)18-9(2)13(20)23-3)4-19-6-17-10-11(14)15-5-16-12(10)19/h5-6,8-9H,4,7H2,1-3H3,(H2,14,15,16)(H2,18,21,22)/t8-,9+/m1/s1. The van der Waals surface area contributed by atoms with Crippen LogP contribution in [0.1, 0.15) is 13.8 Å². The molecule has 0 saturated carbocycles. The van der Waals surface area contributed by atoms with Crippen LogP contribution in [0, 0.1) is 0 Å². The number of ether oxygens (including phenoxy) is 2. The number of esters is 1. The fourth-order valence-corrected chi connectivity index (χ4v) is 3.40. The minimum absolute atomic E-state index is 0.276. The predicted molar refractivity (Wildman–Crippen MR) is 89.6 cm³/mol. The van der Waals surface area contributed by atoms with E-state index in [9.17, 15) is 14.3 Å². The number of imidazole rings is 1. The van der Waals surface area contributed by atoms with Crippen LogP contribution >= 0.6 is 7.52 Å². The van der Waals surface area contributed by atoms with E-state index in [0.717, 1.165) is 0 Å². The second-order valence-corrected chi connectivity index (χ2v) is 7.43. The Balaban J connectivity index is 1.93. The molecule has 4 N–H and O–H groups in total. The van der Waals surface area contributed by atoms with E-state index < -0.39 is 32.0 Å². The minimum atomic E-state index is -3.86. The zero-order valence-electron chi connectivity index (χ0n) is 14.1. The van der Waals surface area contributed by atoms with Crippen LogP contribution in [0.2, 0.25) is 0 Å². The van der Waals surface area contributed by atoms with Gasteiger partial charge in [-0.15, -0.1) is 0 Å². The summed E-state index contributed by atoms with van der Waals surface area (Å²) in [5.74, 6) is -0.359. The topological polar surface area (TPSA) is 154 Å². The van der Waals surface area contributed by atoms with Gasteiger partial charge in [0.15, 0.2) is 11.5 Å². The molecule has 1 unspecified atom stereocenters. The number of hydrogen-bond donors (Lipinski definition) is 3. The van der Waals surface area contributed by atoms with Crippen LogP contribution in [0.25, 0.3) is 11.2 Å². The van der Waals surface area contributed by atoms with Crippen LogP contribution < -0.4 is 10.8 Å². The van der Waals surface area contributed by atoms with E-state index in [1.807, 2.05) is 0 Å². The second-order valence-electron chi connectivity index (χ2n) is 5.51. The first-order valence-electron chi connectivity index (χ1n) is 7.44. The van der Waals surface area contributed by atoms with Crippen molar-refractivity contribution in [2.75, 3.05) is 19.2 Å². The molecule has 2 rings (SSSR count). The number of anilines is 1. The van der Waals surface area contributed by atoms with Crippen LogP contribution in [0.3, 0.4) is 0 Å². The quantitative estimate of drug-likeness (QED) is 0.429. The molecule has 0 spiro atoms. The largest absolute Gasteiger partial charge is 0.468 e. The summed E-state index contributed by atoms with van der Waals surface area (Å²) in [6.07, 6.45) is 2.01. The van der Waals surface area contributed by atoms with Crippen molar-refractivity contribution >= 4 is 30.5 Å². The summed E-state index contributed by atoms with van der Waals surface area (Å²) < 4.78 is 23.7. The molecule has 2 aromatic rings. The van der Waals surface area contributed by atoms with Crippen molar-refractivity contribution in [3.8, 4) is 0 Å². The van der Waals surface area contributed by atoms with Gasteiger partial charge in [0.05, 0.1) is 26.1 Å². The number of carbonyl (C=O) groups excluding carboxylic acids is 1. The van der Waals surface area contributed by atoms with Crippen molar-refractivity contribution in [3.63, 3.8) is 0 Å². The highest BCUT2D eigenvalue weighted by molar-refractivity contribution is 7.55. The summed E-state index contributed by atoms with van der Waals surface area (Å²) in [7, 11) is -2.66. The number of rotatable bonds is 8. The lowest BCUT2D eigenvalue weighted by molar-refractivity contribution is -0.142. The molecule has 0 amide bonds. The van der Waals surface area contributed by atoms with E-state index in [-0.39, 0.29) is 5.82 Å². The smallest absolute Gasteiger partial charge is 0.323 e. The van der Waals surface area contributed by atoms with Gasteiger partial charge in [-0.2, -0.15) is 0 Å². The summed E-state index contributed by atoms with van der Waals surface area (Å²) in [5.41, 5.74) is 6.76. The Morgan fingerprint density at radius 2 is 2.16 bits per heavy atom. The number of methoxy groups -OCH3 is 1. The lowest BCUT2D eigenvalue weighted by Crippen LogP contribution is -2.34. The average molecular weight is 372 g/mol. The van der Waals surface area contributed by atoms with Crippen LogP contribution in [0.5, 0.6) is 0 Å². The maximum absolute atomic E-state index is 12.1. The van der Waals surface area contributed by atoms with Gasteiger partial charge < -0.3 is 24.7 Å². The summed E-state index contributed by atoms with van der Waals surface area (Å²) in [5, 5.41) is 2.31. The second kappa shape index (κ2) is 7.87. The number of nitrogens with one attached hydrogen (secondary N) is 1. The molecule has 0 radical (unpaired) electrons. The van der Waals surface area contributed by atoms with E-state index in [2.05, 4.69) is 24.8 Å². The first kappa shape index (κ1) is 19.3. The first-order chi connectivity index (χ1) is 11.7. The Labute approximate surface area is 144 Å². The number of carbonyl (C=O) groups is 1. The third kappa shape index (κ3) is 4.95. The number of fused-ring (bicyclic) bond motifs is 1. The van der Waals surface area contributed by atoms with Crippen LogP contribution in [-0.4, -0.2) is 56.0 Å². The van der Waals surface area contributed by atoms with Crippen LogP contribution in [-0.2, 0) is 25.4 Å². The Bertz CT molecular complexity index is 796. The molecule has 11 nitrogen and oxygen atoms in total. The highest BCUT2D eigenvalue weighted by atomic mass is 31.2. The highest BCUT2D eigenvalue weighted by Gasteiger charge is 2.26. The highest BCUT2D eigenvalue weighted by Crippen LogP contribution is 2.36. The summed E-state index contributed by atoms with van der Waals surface area (Å²) in [4.78, 5) is 33.3. The van der Waals surface area contributed by atoms with Gasteiger partial charge in [0.1, 0.15) is 24.2 Å². The van der Waals surface area contributed by atoms with Gasteiger partial charge in [-0.3, -0.25) is 9.36 Å². The van der Waals surface area contributed by atoms with Crippen molar-refractivity contribution in [2.24, 2.45) is 0 Å². The van der Waals surface area contributed by atoms with E-state index in [1.165, 1.54) is 20.4 Å². The third-order valence-electron chi connectivity index (χ3n) is 3.37. The number of aromatic nitrogens is 4. The van der Waals surface area contributed by atoms with Crippen molar-refractivity contribution in [1.29, 1.82) is 0 Å². The molecular weight excluding hydrogens is 351 g/mol. The first-order valence-corrected chi connectivity index (χ1v) is 9.28. The molecular formula is C13H21N6O5P. The Morgan fingerprint density at radius 1 is 1.44 bits per heavy atom. The van der Waals surface area contributed by atoms with Gasteiger partial charge in [0.2, 0.25) is 0 Å². The van der Waals surface area contributed by atoms with E-state index in [0.29, 0.717) is 17.7 Å². The fraction of sp³-hybridized carbons (Fsp3) is 0.538. The molecule has 12 heteroatoms. The van der Waals surface area contributed by atoms with Gasteiger partial charge in [-0.05, 0) is 13.8 Å². The lowest BCUT2D eigenvalue weighted by Gasteiger charge is -2.20. The Kier molecular flexibility index (Phi) is 6.07. The van der Waals surface area contributed by atoms with Gasteiger partial charge in [0, 0.05) is 0 Å². The lowest BCUT2D eigenvalue weighted by atomic mass is 10.4. The molecule has 0 saturated heterocycles. The minimum Gasteiger partial charge on any atom is -0.468 e. The van der Waals surface area contributed by atoms with Gasteiger partial charge in [0.25, 0.3) is 7.52 Å². The third-order valence-corrected chi connectivity index (χ3v) is 4.66. The summed E-state index contributed by atoms with van der Waals surface area (Å²) >= 11 is 0. The van der Waals surface area contributed by atoms with Crippen molar-refractivity contribution in [2.45, 2.75) is 32.5 Å². The summed E-state index contributed by atoms with van der Waals surface area (Å²) in [6.45, 7) is 3.51. The Hall–Kier alpha value is -2.07. The fourth-order valence-electron chi connectivity index (χ4n) is 2.16. The normalized spacial score (nSPS) is 16.3. The van der Waals surface area contributed by atoms with E-state index in [1.54, 1.807) is 17.8 Å². The van der Waals surface area contributed by atoms with Crippen molar-refractivity contribution < 1.29 is 23.7 Å². The molecule has 0 aliphatic carbocycles. The molecule has 0 aliphatic rings. The van der Waals surface area contributed by atoms with Crippen LogP contribution in [0.15, 0.2) is 12.7 Å². The van der Waals surface area contributed by atoms with E-state index >= 15 is 0 Å². The van der Waals surface area contributed by atoms with Crippen molar-refractivity contribution in [3.05, 3.63) is 12.7 Å². The molecule has 0 fully saturated rings. The molecule has 138 valence electrons. The summed E-state index contributed by atoms with van der Waals surface area (Å²) in [6, 6.07) is -0.919. The SMILES string of the molecule is COC(=O)[C@H](C)NP(=O)(O)CO[C@H](C)Cn1cnc2c(N)ncnc21. The zero-order chi connectivity index (χ0) is 18.6. The molecule has 2 aromatic heterocycles. The molecule has 0 bridgehead atoms. The Morgan fingerprint density at radius 3 is 2.84 bits per heavy atom. The maximum atomic E-state index is 12.1. The monoisotopic (exact) mass is 372 g/mol. The molecule has 25 heavy (non-hydrogen) atoms. The molecule has 0 aromatic carbocycles. The number of nitrogens with two attached hydrogens (primary N) is 1. The number of hydrogen-bond acceptors (Lipinski definition) is 8. The van der Waals surface area contributed by atoms with Gasteiger partial charge in [-0.25, -0.2) is 20.0 Å². The average Bonchev–Trinajstić information content (AvgIpc) is 2.96. The van der Waals surface area contributed by atoms with Crippen molar-refractivity contribution in [1.82, 2.24) is 24.6 Å². The van der Waals surface area contributed by atoms with Crippen LogP contribution in [0.4, 0.5) is 5.82 Å². The number of nitrogen functional groups attached to an aromatic ring is 1. The number of nitrogens with zero attached hydrogens (tertiary/aromatic N) is 4. The molecule has 2 heterocycles.